The summed E-state index contributed by atoms with van der Waals surface area (Å²) < 4.78 is 10.7. The SMILES string of the molecule is Cc1ccc2c(c1)OP(=S)(S)O2. The minimum Gasteiger partial charge on any atom is -0.424 e. The van der Waals surface area contributed by atoms with Crippen molar-refractivity contribution in [3.8, 4) is 11.5 Å². The van der Waals surface area contributed by atoms with E-state index in [0.29, 0.717) is 11.5 Å². The molecule has 0 aromatic heterocycles. The Bertz CT molecular complexity index is 378. The lowest BCUT2D eigenvalue weighted by Gasteiger charge is -2.03. The minimum absolute atomic E-state index is 0.707. The number of hydrogen-bond donors (Lipinski definition) is 1. The van der Waals surface area contributed by atoms with Crippen LogP contribution in [0.25, 0.3) is 0 Å². The van der Waals surface area contributed by atoms with Crippen molar-refractivity contribution in [2.75, 3.05) is 0 Å². The van der Waals surface area contributed by atoms with E-state index in [9.17, 15) is 0 Å². The molecule has 12 heavy (non-hydrogen) atoms. The summed E-state index contributed by atoms with van der Waals surface area (Å²) in [4.78, 5) is 0. The molecular weight excluding hydrogens is 211 g/mol. The highest BCUT2D eigenvalue weighted by atomic mass is 32.9. The van der Waals surface area contributed by atoms with Crippen LogP contribution < -0.4 is 9.05 Å². The van der Waals surface area contributed by atoms with E-state index < -0.39 is 5.69 Å². The number of thiol groups is 1. The Kier molecular flexibility index (Phi) is 1.86. The Morgan fingerprint density at radius 3 is 2.75 bits per heavy atom. The van der Waals surface area contributed by atoms with Crippen molar-refractivity contribution in [3.05, 3.63) is 23.8 Å². The van der Waals surface area contributed by atoms with Gasteiger partial charge in [-0.3, -0.25) is 0 Å². The molecule has 1 aliphatic rings. The van der Waals surface area contributed by atoms with Gasteiger partial charge >= 0.3 is 5.69 Å². The van der Waals surface area contributed by atoms with Crippen LogP contribution in [0.2, 0.25) is 0 Å². The van der Waals surface area contributed by atoms with E-state index in [4.69, 9.17) is 20.9 Å². The van der Waals surface area contributed by atoms with E-state index >= 15 is 0 Å². The summed E-state index contributed by atoms with van der Waals surface area (Å²) in [5.74, 6) is 1.42. The summed E-state index contributed by atoms with van der Waals surface area (Å²) in [5, 5.41) is 0. The number of fused-ring (bicyclic) bond motifs is 1. The zero-order chi connectivity index (χ0) is 8.77. The fourth-order valence-corrected chi connectivity index (χ4v) is 2.87. The van der Waals surface area contributed by atoms with Crippen molar-refractivity contribution >= 4 is 29.7 Å². The smallest absolute Gasteiger partial charge is 0.345 e. The lowest BCUT2D eigenvalue weighted by atomic mass is 10.2. The normalized spacial score (nSPS) is 25.8. The largest absolute Gasteiger partial charge is 0.424 e. The van der Waals surface area contributed by atoms with E-state index in [1.165, 1.54) is 0 Å². The Morgan fingerprint density at radius 2 is 2.00 bits per heavy atom. The lowest BCUT2D eigenvalue weighted by molar-refractivity contribution is 0.594. The van der Waals surface area contributed by atoms with Crippen molar-refractivity contribution in [2.24, 2.45) is 0 Å². The van der Waals surface area contributed by atoms with Crippen LogP contribution in [-0.2, 0) is 11.8 Å². The molecule has 0 saturated carbocycles. The monoisotopic (exact) mass is 218 g/mol. The Labute approximate surface area is 81.2 Å². The molecule has 2 nitrogen and oxygen atoms in total. The van der Waals surface area contributed by atoms with Crippen LogP contribution in [0, 0.1) is 6.92 Å². The molecule has 0 bridgehead atoms. The molecule has 1 aromatic carbocycles. The van der Waals surface area contributed by atoms with Crippen LogP contribution >= 0.6 is 17.9 Å². The lowest BCUT2D eigenvalue weighted by Crippen LogP contribution is -1.80. The molecule has 0 saturated heterocycles. The van der Waals surface area contributed by atoms with Crippen LogP contribution in [0.1, 0.15) is 5.56 Å². The van der Waals surface area contributed by atoms with Crippen molar-refractivity contribution < 1.29 is 9.05 Å². The van der Waals surface area contributed by atoms with Gasteiger partial charge < -0.3 is 9.05 Å². The zero-order valence-corrected chi connectivity index (χ0v) is 8.96. The number of hydrogen-bond acceptors (Lipinski definition) is 3. The summed E-state index contributed by atoms with van der Waals surface area (Å²) >= 11 is 9.10. The van der Waals surface area contributed by atoms with Crippen LogP contribution in [-0.4, -0.2) is 0 Å². The Hall–Kier alpha value is -0.180. The molecule has 1 heterocycles. The fraction of sp³-hybridized carbons (Fsp3) is 0.143. The van der Waals surface area contributed by atoms with Crippen molar-refractivity contribution in [3.63, 3.8) is 0 Å². The summed E-state index contributed by atoms with van der Waals surface area (Å²) in [7, 11) is 0. The molecule has 0 N–H and O–H groups in total. The second kappa shape index (κ2) is 2.66. The Balaban J connectivity index is 2.49. The van der Waals surface area contributed by atoms with Crippen molar-refractivity contribution in [2.45, 2.75) is 6.92 Å². The standard InChI is InChI=1S/C7H7O2PS2/c1-5-2-3-6-7(4-5)9-10(11,12)8-6/h2-4H,1H3,(H,11,12). The third kappa shape index (κ3) is 1.47. The maximum Gasteiger partial charge on any atom is 0.345 e. The molecule has 0 radical (unpaired) electrons. The molecule has 1 atom stereocenters. The summed E-state index contributed by atoms with van der Waals surface area (Å²) in [6.45, 7) is 1.99. The highest BCUT2D eigenvalue weighted by molar-refractivity contribution is 8.60. The predicted octanol–water partition coefficient (Wildman–Crippen LogP) is 2.92. The third-order valence-electron chi connectivity index (χ3n) is 1.53. The summed E-state index contributed by atoms with van der Waals surface area (Å²) in [6, 6.07) is 5.71. The summed E-state index contributed by atoms with van der Waals surface area (Å²) in [5.41, 5.74) is -1.19. The Morgan fingerprint density at radius 1 is 1.33 bits per heavy atom. The van der Waals surface area contributed by atoms with Gasteiger partial charge in [0.15, 0.2) is 11.5 Å². The van der Waals surface area contributed by atoms with Crippen LogP contribution in [0.5, 0.6) is 11.5 Å². The fourth-order valence-electron chi connectivity index (χ4n) is 1.03. The van der Waals surface area contributed by atoms with Crippen molar-refractivity contribution in [1.29, 1.82) is 0 Å². The van der Waals surface area contributed by atoms with Crippen LogP contribution in [0.15, 0.2) is 18.2 Å². The van der Waals surface area contributed by atoms with Gasteiger partial charge in [-0.2, -0.15) is 0 Å². The van der Waals surface area contributed by atoms with Gasteiger partial charge in [0.25, 0.3) is 0 Å². The molecule has 1 aliphatic heterocycles. The molecule has 1 unspecified atom stereocenters. The topological polar surface area (TPSA) is 18.5 Å². The van der Waals surface area contributed by atoms with Gasteiger partial charge in [-0.1, -0.05) is 18.3 Å². The van der Waals surface area contributed by atoms with E-state index in [2.05, 4.69) is 12.2 Å². The molecule has 5 heteroatoms. The number of aryl methyl sites for hydroxylation is 1. The second-order valence-electron chi connectivity index (χ2n) is 2.60. The van der Waals surface area contributed by atoms with E-state index in [0.717, 1.165) is 5.56 Å². The van der Waals surface area contributed by atoms with Gasteiger partial charge in [-0.05, 0) is 36.4 Å². The number of benzene rings is 1. The third-order valence-corrected chi connectivity index (χ3v) is 3.32. The highest BCUT2D eigenvalue weighted by Gasteiger charge is 2.27. The molecule has 0 amide bonds. The van der Waals surface area contributed by atoms with Crippen LogP contribution in [0.4, 0.5) is 0 Å². The molecule has 0 aliphatic carbocycles. The first kappa shape index (κ1) is 8.42. The van der Waals surface area contributed by atoms with Crippen molar-refractivity contribution in [1.82, 2.24) is 0 Å². The first-order valence-corrected chi connectivity index (χ1v) is 7.18. The van der Waals surface area contributed by atoms with Crippen LogP contribution in [0.3, 0.4) is 0 Å². The molecule has 64 valence electrons. The molecule has 1 aromatic rings. The second-order valence-corrected chi connectivity index (χ2v) is 7.74. The highest BCUT2D eigenvalue weighted by Crippen LogP contribution is 2.61. The van der Waals surface area contributed by atoms with Gasteiger partial charge in [0.05, 0.1) is 0 Å². The zero-order valence-electron chi connectivity index (χ0n) is 6.35. The molecular formula is C7H7O2PS2. The quantitative estimate of drug-likeness (QED) is 0.533. The van der Waals surface area contributed by atoms with Gasteiger partial charge in [-0.25, -0.2) is 0 Å². The maximum atomic E-state index is 5.34. The maximum absolute atomic E-state index is 5.34. The van der Waals surface area contributed by atoms with Gasteiger partial charge in [0, 0.05) is 0 Å². The molecule has 2 rings (SSSR count). The van der Waals surface area contributed by atoms with E-state index in [1.54, 1.807) is 0 Å². The predicted molar refractivity (Wildman–Crippen MR) is 55.7 cm³/mol. The van der Waals surface area contributed by atoms with Gasteiger partial charge in [0.2, 0.25) is 0 Å². The van der Waals surface area contributed by atoms with Gasteiger partial charge in [-0.15, -0.1) is 0 Å². The minimum atomic E-state index is -2.32. The van der Waals surface area contributed by atoms with Gasteiger partial charge in [0.1, 0.15) is 0 Å². The summed E-state index contributed by atoms with van der Waals surface area (Å²) in [6.07, 6.45) is 0. The first-order chi connectivity index (χ1) is 5.57. The average molecular weight is 218 g/mol. The number of rotatable bonds is 0. The molecule has 0 fully saturated rings. The molecule has 0 spiro atoms. The average Bonchev–Trinajstić information content (AvgIpc) is 2.21. The first-order valence-electron chi connectivity index (χ1n) is 3.39. The van der Waals surface area contributed by atoms with E-state index in [-0.39, 0.29) is 0 Å². The van der Waals surface area contributed by atoms with E-state index in [1.807, 2.05) is 25.1 Å².